The summed E-state index contributed by atoms with van der Waals surface area (Å²) in [4.78, 5) is 27.1. The van der Waals surface area contributed by atoms with E-state index in [9.17, 15) is 18.9 Å². The third-order valence-corrected chi connectivity index (χ3v) is 9.21. The Morgan fingerprint density at radius 1 is 1.31 bits per heavy atom. The molecule has 5 rings (SSSR count). The van der Waals surface area contributed by atoms with Gasteiger partial charge in [-0.25, -0.2) is 9.78 Å². The van der Waals surface area contributed by atoms with Crippen molar-refractivity contribution >= 4 is 39.4 Å². The number of aliphatic hydroxyl groups excluding tert-OH is 1. The van der Waals surface area contributed by atoms with Gasteiger partial charge in [-0.2, -0.15) is 9.61 Å². The minimum atomic E-state index is -3.09. The molecule has 0 bridgehead atoms. The molecule has 1 unspecified atom stereocenters. The Hall–Kier alpha value is -3.61. The molecule has 1 saturated carbocycles. The van der Waals surface area contributed by atoms with Crippen LogP contribution < -0.4 is 21.7 Å². The number of nitrogens with one attached hydrogen (secondary N) is 3. The van der Waals surface area contributed by atoms with Crippen LogP contribution in [0.3, 0.4) is 0 Å². The summed E-state index contributed by atoms with van der Waals surface area (Å²) in [5, 5.41) is 22.2. The molecule has 2 aromatic heterocycles. The van der Waals surface area contributed by atoms with Gasteiger partial charge in [-0.05, 0) is 43.7 Å². The molecule has 1 aromatic carbocycles. The number of carbonyl (C=O) groups excluding carboxylic acids is 2. The largest absolute Gasteiger partial charge is 0.385 e. The predicted molar refractivity (Wildman–Crippen MR) is 134 cm³/mol. The number of hydrogen-bond acceptors (Lipinski definition) is 8. The lowest BCUT2D eigenvalue weighted by atomic mass is 10.0. The van der Waals surface area contributed by atoms with Crippen molar-refractivity contribution in [3.8, 4) is 11.3 Å². The number of benzene rings is 1. The van der Waals surface area contributed by atoms with Gasteiger partial charge in [0.25, 0.3) is 5.91 Å². The molecule has 1 saturated heterocycles. The molecule has 2 aliphatic rings. The van der Waals surface area contributed by atoms with E-state index >= 15 is 0 Å². The van der Waals surface area contributed by atoms with Crippen LogP contribution in [0.1, 0.15) is 30.9 Å². The van der Waals surface area contributed by atoms with Crippen molar-refractivity contribution in [2.75, 3.05) is 17.5 Å². The maximum absolute atomic E-state index is 13.0. The van der Waals surface area contributed by atoms with E-state index < -0.39 is 32.7 Å². The number of thiol groups is 1. The molecule has 184 valence electrons. The van der Waals surface area contributed by atoms with E-state index in [0.717, 1.165) is 24.2 Å². The van der Waals surface area contributed by atoms with Gasteiger partial charge < -0.3 is 21.5 Å². The fourth-order valence-electron chi connectivity index (χ4n) is 3.82. The smallest absolute Gasteiger partial charge is 0.326 e. The zero-order valence-electron chi connectivity index (χ0n) is 19.3. The van der Waals surface area contributed by atoms with Gasteiger partial charge in [0.05, 0.1) is 22.7 Å². The van der Waals surface area contributed by atoms with Gasteiger partial charge >= 0.3 is 6.03 Å². The lowest BCUT2D eigenvalue weighted by Crippen LogP contribution is -2.47. The molecular formula is C23H27N7O4S. The average molecular weight is 498 g/mol. The summed E-state index contributed by atoms with van der Waals surface area (Å²) in [6.07, 6.45) is 6.71. The zero-order valence-corrected chi connectivity index (χ0v) is 20.2. The maximum atomic E-state index is 13.0. The van der Waals surface area contributed by atoms with Crippen molar-refractivity contribution in [3.05, 3.63) is 53.4 Å². The standard InChI is InChI=1S/C23H27N7O4S/c1-23(24,35(2,34)12-31)15-5-3-4-13(8-15)17-10-19(26-16-6-7-16)30-20(27-17)14(11-25-30)9-18-21(32)29-22(33)28-18/h3-5,8-11,16,26,31,35H,6-7,12,24H2,1-2H3,(H2,28,29,32,33)/b18-9-. The third-order valence-electron chi connectivity index (χ3n) is 6.44. The highest BCUT2D eigenvalue weighted by Gasteiger charge is 2.34. The number of rotatable bonds is 7. The SMILES string of the molecule is CC(N)(c1cccc(-c2cc(NC3CC3)n3ncc(/C=C4\NC(=O)NC4=O)c3n2)c1)[SH](C)(=O)CO. The molecule has 12 heteroatoms. The summed E-state index contributed by atoms with van der Waals surface area (Å²) in [5.41, 5.74) is 9.57. The number of amides is 3. The second-order valence-electron chi connectivity index (χ2n) is 9.22. The van der Waals surface area contributed by atoms with Crippen LogP contribution in [0.5, 0.6) is 0 Å². The van der Waals surface area contributed by atoms with E-state index in [1.54, 1.807) is 23.7 Å². The number of aromatic nitrogens is 3. The monoisotopic (exact) mass is 497 g/mol. The van der Waals surface area contributed by atoms with Gasteiger partial charge in [0.1, 0.15) is 11.5 Å². The molecule has 0 radical (unpaired) electrons. The second kappa shape index (κ2) is 8.26. The summed E-state index contributed by atoms with van der Waals surface area (Å²) in [5.74, 6) is -0.291. The van der Waals surface area contributed by atoms with Crippen LogP contribution in [0.4, 0.5) is 10.6 Å². The highest BCUT2D eigenvalue weighted by atomic mass is 32.2. The lowest BCUT2D eigenvalue weighted by Gasteiger charge is -2.35. The van der Waals surface area contributed by atoms with E-state index in [2.05, 4.69) is 21.0 Å². The van der Waals surface area contributed by atoms with Gasteiger partial charge in [-0.15, -0.1) is 0 Å². The van der Waals surface area contributed by atoms with E-state index in [1.165, 1.54) is 12.3 Å². The normalized spacial score (nSPS) is 19.5. The van der Waals surface area contributed by atoms with Crippen molar-refractivity contribution < 1.29 is 18.9 Å². The predicted octanol–water partition coefficient (Wildman–Crippen LogP) is 0.879. The first kappa shape index (κ1) is 23.1. The Labute approximate surface area is 202 Å². The topological polar surface area (TPSA) is 164 Å². The number of hydrogen-bond donors (Lipinski definition) is 6. The number of imide groups is 1. The molecule has 1 aliphatic heterocycles. The molecule has 11 nitrogen and oxygen atoms in total. The van der Waals surface area contributed by atoms with E-state index in [0.29, 0.717) is 28.5 Å². The average Bonchev–Trinajstić information content (AvgIpc) is 3.46. The number of aliphatic hydroxyl groups is 1. The number of fused-ring (bicyclic) bond motifs is 1. The van der Waals surface area contributed by atoms with E-state index in [-0.39, 0.29) is 5.70 Å². The first-order chi connectivity index (χ1) is 16.6. The lowest BCUT2D eigenvalue weighted by molar-refractivity contribution is -0.115. The number of urea groups is 1. The molecule has 1 atom stereocenters. The number of nitrogens with two attached hydrogens (primary N) is 1. The molecule has 3 amide bonds. The van der Waals surface area contributed by atoms with Crippen LogP contribution in [0.25, 0.3) is 23.0 Å². The molecule has 0 spiro atoms. The zero-order chi connectivity index (χ0) is 25.0. The van der Waals surface area contributed by atoms with E-state index in [1.807, 2.05) is 24.3 Å². The maximum Gasteiger partial charge on any atom is 0.326 e. The van der Waals surface area contributed by atoms with Gasteiger partial charge in [-0.1, -0.05) is 28.1 Å². The van der Waals surface area contributed by atoms with Crippen LogP contribution in [0.15, 0.2) is 42.2 Å². The van der Waals surface area contributed by atoms with Gasteiger partial charge in [0.2, 0.25) is 0 Å². The Balaban J connectivity index is 1.63. The molecular weight excluding hydrogens is 470 g/mol. The van der Waals surface area contributed by atoms with Gasteiger partial charge in [0, 0.05) is 23.2 Å². The van der Waals surface area contributed by atoms with Crippen molar-refractivity contribution in [2.45, 2.75) is 30.7 Å². The first-order valence-corrected chi connectivity index (χ1v) is 13.5. The van der Waals surface area contributed by atoms with Crippen LogP contribution in [-0.2, 0) is 19.6 Å². The fourth-order valence-corrected chi connectivity index (χ4v) is 4.80. The summed E-state index contributed by atoms with van der Waals surface area (Å²) in [6, 6.07) is 8.93. The summed E-state index contributed by atoms with van der Waals surface area (Å²) in [6.45, 7) is 1.65. The number of anilines is 1. The number of carbonyl (C=O) groups is 2. The quantitative estimate of drug-likeness (QED) is 0.159. The van der Waals surface area contributed by atoms with Crippen LogP contribution in [-0.4, -0.2) is 54.1 Å². The van der Waals surface area contributed by atoms with Crippen molar-refractivity contribution in [3.63, 3.8) is 0 Å². The van der Waals surface area contributed by atoms with Crippen molar-refractivity contribution in [1.82, 2.24) is 25.2 Å². The highest BCUT2D eigenvalue weighted by molar-refractivity contribution is 8.03. The molecule has 3 heterocycles. The third kappa shape index (κ3) is 4.20. The van der Waals surface area contributed by atoms with Gasteiger partial charge in [-0.3, -0.25) is 14.3 Å². The van der Waals surface area contributed by atoms with Gasteiger partial charge in [0.15, 0.2) is 5.65 Å². The molecule has 3 aromatic rings. The first-order valence-electron chi connectivity index (χ1n) is 11.2. The van der Waals surface area contributed by atoms with Crippen LogP contribution in [0, 0.1) is 0 Å². The second-order valence-corrected chi connectivity index (χ2v) is 12.6. The Morgan fingerprint density at radius 2 is 2.09 bits per heavy atom. The Bertz CT molecular complexity index is 1440. The fraction of sp³-hybridized carbons (Fsp3) is 0.304. The van der Waals surface area contributed by atoms with Crippen molar-refractivity contribution in [2.24, 2.45) is 5.73 Å². The van der Waals surface area contributed by atoms with Crippen LogP contribution >= 0.6 is 0 Å². The van der Waals surface area contributed by atoms with E-state index in [4.69, 9.17) is 10.7 Å². The molecule has 6 N–H and O–H groups in total. The highest BCUT2D eigenvalue weighted by Crippen LogP contribution is 2.33. The summed E-state index contributed by atoms with van der Waals surface area (Å²) >= 11 is 0. The minimum Gasteiger partial charge on any atom is -0.385 e. The van der Waals surface area contributed by atoms with Crippen LogP contribution in [0.2, 0.25) is 0 Å². The summed E-state index contributed by atoms with van der Waals surface area (Å²) in [7, 11) is -3.09. The molecule has 2 fully saturated rings. The Kier molecular flexibility index (Phi) is 5.46. The molecule has 1 aliphatic carbocycles. The summed E-state index contributed by atoms with van der Waals surface area (Å²) < 4.78 is 14.6. The van der Waals surface area contributed by atoms with Crippen molar-refractivity contribution in [1.29, 1.82) is 0 Å². The number of nitrogens with zero attached hydrogens (tertiary/aromatic N) is 3. The molecule has 35 heavy (non-hydrogen) atoms. The Morgan fingerprint density at radius 3 is 2.74 bits per heavy atom. The minimum absolute atomic E-state index is 0.109.